The van der Waals surface area contributed by atoms with Crippen LogP contribution >= 0.6 is 11.8 Å². The molecule has 1 N–H and O–H groups in total. The maximum Gasteiger partial charge on any atom is 0.234 e. The van der Waals surface area contributed by atoms with Gasteiger partial charge in [0.2, 0.25) is 5.91 Å². The Labute approximate surface area is 189 Å². The Bertz CT molecular complexity index is 1250. The molecule has 2 aromatic carbocycles. The molecule has 0 fully saturated rings. The molecule has 0 saturated carbocycles. The van der Waals surface area contributed by atoms with Crippen molar-refractivity contribution in [1.82, 2.24) is 24.5 Å². The van der Waals surface area contributed by atoms with E-state index in [9.17, 15) is 9.18 Å². The quantitative estimate of drug-likeness (QED) is 0.418. The van der Waals surface area contributed by atoms with E-state index in [1.165, 1.54) is 29.5 Å². The van der Waals surface area contributed by atoms with Gasteiger partial charge in [0.1, 0.15) is 11.5 Å². The number of amides is 1. The summed E-state index contributed by atoms with van der Waals surface area (Å²) in [6, 6.07) is 14.0. The van der Waals surface area contributed by atoms with Crippen LogP contribution < -0.4 is 5.32 Å². The monoisotopic (exact) mass is 450 g/mol. The van der Waals surface area contributed by atoms with E-state index in [0.29, 0.717) is 23.2 Å². The van der Waals surface area contributed by atoms with Crippen LogP contribution in [0.15, 0.2) is 59.9 Å². The number of halogens is 1. The normalized spacial score (nSPS) is 11.0. The van der Waals surface area contributed by atoms with Crippen molar-refractivity contribution in [2.75, 3.05) is 11.1 Å². The lowest BCUT2D eigenvalue weighted by atomic mass is 10.1. The summed E-state index contributed by atoms with van der Waals surface area (Å²) in [5, 5.41) is 16.7. The van der Waals surface area contributed by atoms with Crippen LogP contribution in [0.4, 0.5) is 10.1 Å². The first-order chi connectivity index (χ1) is 15.4. The van der Waals surface area contributed by atoms with E-state index in [1.54, 1.807) is 16.8 Å². The van der Waals surface area contributed by atoms with E-state index >= 15 is 0 Å². The standard InChI is InChI=1S/C23H23FN6OS/c1-4-30-22(19-13-29(3)28-21(19)16-10-8-15(2)9-11-16)26-27-23(30)32-14-20(31)25-18-7-5-6-17(24)12-18/h5-13H,4,14H2,1-3H3,(H,25,31). The SMILES string of the molecule is CCn1c(SCC(=O)Nc2cccc(F)c2)nnc1-c1cn(C)nc1-c1ccc(C)cc1. The van der Waals surface area contributed by atoms with Crippen LogP contribution in [-0.4, -0.2) is 36.2 Å². The zero-order chi connectivity index (χ0) is 22.7. The number of aromatic nitrogens is 5. The lowest BCUT2D eigenvalue weighted by Crippen LogP contribution is -2.14. The molecule has 32 heavy (non-hydrogen) atoms. The van der Waals surface area contributed by atoms with Crippen molar-refractivity contribution < 1.29 is 9.18 Å². The highest BCUT2D eigenvalue weighted by Gasteiger charge is 2.20. The van der Waals surface area contributed by atoms with Gasteiger partial charge < -0.3 is 9.88 Å². The van der Waals surface area contributed by atoms with Gasteiger partial charge in [-0.05, 0) is 32.0 Å². The molecule has 1 amide bonds. The van der Waals surface area contributed by atoms with Gasteiger partial charge in [-0.1, -0.05) is 47.7 Å². The molecule has 0 bridgehead atoms. The Morgan fingerprint density at radius 1 is 1.16 bits per heavy atom. The van der Waals surface area contributed by atoms with Crippen molar-refractivity contribution in [3.05, 3.63) is 66.1 Å². The van der Waals surface area contributed by atoms with Gasteiger partial charge in [-0.15, -0.1) is 10.2 Å². The molecule has 4 aromatic rings. The maximum absolute atomic E-state index is 13.3. The minimum absolute atomic E-state index is 0.131. The number of anilines is 1. The van der Waals surface area contributed by atoms with Crippen molar-refractivity contribution in [2.24, 2.45) is 7.05 Å². The smallest absolute Gasteiger partial charge is 0.234 e. The van der Waals surface area contributed by atoms with Gasteiger partial charge in [0.25, 0.3) is 0 Å². The number of nitrogens with one attached hydrogen (secondary N) is 1. The summed E-state index contributed by atoms with van der Waals surface area (Å²) in [5.41, 5.74) is 4.31. The second-order valence-corrected chi connectivity index (χ2v) is 8.27. The highest BCUT2D eigenvalue weighted by atomic mass is 32.2. The summed E-state index contributed by atoms with van der Waals surface area (Å²) < 4.78 is 17.1. The highest BCUT2D eigenvalue weighted by molar-refractivity contribution is 7.99. The predicted molar refractivity (Wildman–Crippen MR) is 124 cm³/mol. The average molecular weight is 451 g/mol. The zero-order valence-electron chi connectivity index (χ0n) is 18.0. The first kappa shape index (κ1) is 21.8. The fraction of sp³-hybridized carbons (Fsp3) is 0.217. The van der Waals surface area contributed by atoms with Gasteiger partial charge in [-0.2, -0.15) is 5.10 Å². The Hall–Kier alpha value is -3.46. The molecule has 0 radical (unpaired) electrons. The number of carbonyl (C=O) groups is 1. The molecule has 7 nitrogen and oxygen atoms in total. The van der Waals surface area contributed by atoms with E-state index in [4.69, 9.17) is 0 Å². The number of carbonyl (C=O) groups excluding carboxylic acids is 1. The van der Waals surface area contributed by atoms with Gasteiger partial charge in [0.05, 0.1) is 11.3 Å². The first-order valence-corrected chi connectivity index (χ1v) is 11.2. The van der Waals surface area contributed by atoms with Gasteiger partial charge in [0.15, 0.2) is 11.0 Å². The van der Waals surface area contributed by atoms with E-state index in [1.807, 2.05) is 43.8 Å². The van der Waals surface area contributed by atoms with Crippen LogP contribution in [0.2, 0.25) is 0 Å². The van der Waals surface area contributed by atoms with E-state index < -0.39 is 5.82 Å². The molecule has 0 unspecified atom stereocenters. The Balaban J connectivity index is 1.55. The largest absolute Gasteiger partial charge is 0.325 e. The summed E-state index contributed by atoms with van der Waals surface area (Å²) in [7, 11) is 1.88. The fourth-order valence-electron chi connectivity index (χ4n) is 3.35. The van der Waals surface area contributed by atoms with Gasteiger partial charge in [-0.3, -0.25) is 9.48 Å². The van der Waals surface area contributed by atoms with E-state index in [0.717, 1.165) is 16.8 Å². The number of thioether (sulfide) groups is 1. The van der Waals surface area contributed by atoms with Crippen molar-refractivity contribution in [2.45, 2.75) is 25.5 Å². The molecule has 164 valence electrons. The number of hydrogen-bond donors (Lipinski definition) is 1. The second kappa shape index (κ2) is 9.35. The summed E-state index contributed by atoms with van der Waals surface area (Å²) >= 11 is 1.29. The third-order valence-corrected chi connectivity index (χ3v) is 5.84. The molecule has 2 aromatic heterocycles. The van der Waals surface area contributed by atoms with Crippen LogP contribution in [0, 0.1) is 12.7 Å². The molecule has 9 heteroatoms. The molecule has 4 rings (SSSR count). The highest BCUT2D eigenvalue weighted by Crippen LogP contribution is 2.32. The van der Waals surface area contributed by atoms with Crippen LogP contribution in [0.1, 0.15) is 12.5 Å². The Kier molecular flexibility index (Phi) is 6.36. The molecular weight excluding hydrogens is 427 g/mol. The summed E-state index contributed by atoms with van der Waals surface area (Å²) in [6.07, 6.45) is 1.93. The number of nitrogens with zero attached hydrogens (tertiary/aromatic N) is 5. The third-order valence-electron chi connectivity index (χ3n) is 4.87. The molecule has 0 saturated heterocycles. The number of rotatable bonds is 7. The number of hydrogen-bond acceptors (Lipinski definition) is 5. The van der Waals surface area contributed by atoms with Crippen LogP contribution in [0.5, 0.6) is 0 Å². The number of aryl methyl sites for hydroxylation is 2. The van der Waals surface area contributed by atoms with Crippen LogP contribution in [-0.2, 0) is 18.4 Å². The molecule has 0 spiro atoms. The van der Waals surface area contributed by atoms with E-state index in [-0.39, 0.29) is 11.7 Å². The molecule has 0 atom stereocenters. The summed E-state index contributed by atoms with van der Waals surface area (Å²) in [4.78, 5) is 12.3. The predicted octanol–water partition coefficient (Wildman–Crippen LogP) is 4.54. The zero-order valence-corrected chi connectivity index (χ0v) is 18.9. The van der Waals surface area contributed by atoms with Crippen molar-refractivity contribution >= 4 is 23.4 Å². The minimum Gasteiger partial charge on any atom is -0.325 e. The topological polar surface area (TPSA) is 77.6 Å². The second-order valence-electron chi connectivity index (χ2n) is 7.33. The minimum atomic E-state index is -0.397. The van der Waals surface area contributed by atoms with Crippen LogP contribution in [0.25, 0.3) is 22.6 Å². The van der Waals surface area contributed by atoms with Crippen LogP contribution in [0.3, 0.4) is 0 Å². The van der Waals surface area contributed by atoms with Gasteiger partial charge in [0, 0.05) is 31.0 Å². The Morgan fingerprint density at radius 2 is 1.94 bits per heavy atom. The maximum atomic E-state index is 13.3. The molecule has 0 aliphatic rings. The number of benzene rings is 2. The summed E-state index contributed by atoms with van der Waals surface area (Å²) in [6.45, 7) is 4.69. The van der Waals surface area contributed by atoms with Crippen molar-refractivity contribution in [1.29, 1.82) is 0 Å². The molecule has 0 aliphatic carbocycles. The first-order valence-electron chi connectivity index (χ1n) is 10.2. The molecule has 0 aliphatic heterocycles. The lowest BCUT2D eigenvalue weighted by molar-refractivity contribution is -0.113. The average Bonchev–Trinajstić information content (AvgIpc) is 3.35. The third kappa shape index (κ3) is 4.72. The molecule has 2 heterocycles. The van der Waals surface area contributed by atoms with Crippen molar-refractivity contribution in [3.63, 3.8) is 0 Å². The lowest BCUT2D eigenvalue weighted by Gasteiger charge is -2.08. The molecular formula is C23H23FN6OS. The van der Waals surface area contributed by atoms with Crippen molar-refractivity contribution in [3.8, 4) is 22.6 Å². The van der Waals surface area contributed by atoms with Gasteiger partial charge in [-0.25, -0.2) is 4.39 Å². The fourth-order valence-corrected chi connectivity index (χ4v) is 4.15. The van der Waals surface area contributed by atoms with E-state index in [2.05, 4.69) is 32.7 Å². The Morgan fingerprint density at radius 3 is 2.66 bits per heavy atom. The van der Waals surface area contributed by atoms with Gasteiger partial charge >= 0.3 is 0 Å². The summed E-state index contributed by atoms with van der Waals surface area (Å²) in [5.74, 6) is 0.192.